The number of nitrogens with zero attached hydrogens (tertiary/aromatic N) is 1. The van der Waals surface area contributed by atoms with Crippen LogP contribution in [-0.4, -0.2) is 40.0 Å². The van der Waals surface area contributed by atoms with E-state index in [0.717, 1.165) is 10.5 Å². The second-order valence-electron chi connectivity index (χ2n) is 5.90. The molecule has 1 aromatic carbocycles. The van der Waals surface area contributed by atoms with Crippen molar-refractivity contribution >= 4 is 17.8 Å². The molecule has 2 atom stereocenters. The zero-order chi connectivity index (χ0) is 17.0. The van der Waals surface area contributed by atoms with E-state index in [1.807, 2.05) is 30.3 Å². The molecule has 23 heavy (non-hydrogen) atoms. The van der Waals surface area contributed by atoms with Crippen molar-refractivity contribution in [1.82, 2.24) is 15.7 Å². The molecule has 0 aliphatic carbocycles. The van der Waals surface area contributed by atoms with E-state index in [-0.39, 0.29) is 5.92 Å². The molecule has 3 N–H and O–H groups in total. The number of hydrogen-bond acceptors (Lipinski definition) is 4. The minimum Gasteiger partial charge on any atom is -0.326 e. The highest BCUT2D eigenvalue weighted by Gasteiger charge is 2.45. The summed E-state index contributed by atoms with van der Waals surface area (Å²) in [6, 6.07) is 7.35. The minimum atomic E-state index is -1.03. The monoisotopic (exact) mass is 319 g/mol. The molecule has 1 fully saturated rings. The molecule has 0 radical (unpaired) electrons. The number of hydrogen-bond donors (Lipinski definition) is 3. The number of aryl methyl sites for hydroxylation is 1. The molecule has 0 bridgehead atoms. The first-order valence-electron chi connectivity index (χ1n) is 7.57. The number of carbonyl (C=O) groups excluding carboxylic acids is 3. The summed E-state index contributed by atoms with van der Waals surface area (Å²) in [6.45, 7) is 3.41. The predicted octanol–water partition coefficient (Wildman–Crippen LogP) is 1.07. The highest BCUT2D eigenvalue weighted by molar-refractivity contribution is 6.07. The van der Waals surface area contributed by atoms with Crippen LogP contribution < -0.4 is 10.8 Å². The zero-order valence-corrected chi connectivity index (χ0v) is 13.2. The molecule has 1 heterocycles. The van der Waals surface area contributed by atoms with Crippen LogP contribution in [0.4, 0.5) is 4.79 Å². The summed E-state index contributed by atoms with van der Waals surface area (Å²) in [6.07, 6.45) is 1.10. The van der Waals surface area contributed by atoms with E-state index in [9.17, 15) is 14.4 Å². The highest BCUT2D eigenvalue weighted by Crippen LogP contribution is 2.20. The lowest BCUT2D eigenvalue weighted by Gasteiger charge is -2.26. The third-order valence-electron chi connectivity index (χ3n) is 3.91. The van der Waals surface area contributed by atoms with Gasteiger partial charge in [0.1, 0.15) is 12.1 Å². The van der Waals surface area contributed by atoms with Gasteiger partial charge in [0, 0.05) is 0 Å². The van der Waals surface area contributed by atoms with E-state index in [2.05, 4.69) is 5.32 Å². The maximum atomic E-state index is 12.5. The van der Waals surface area contributed by atoms with E-state index >= 15 is 0 Å². The average Bonchev–Trinajstić information content (AvgIpc) is 2.81. The quantitative estimate of drug-likeness (QED) is 0.415. The van der Waals surface area contributed by atoms with Crippen molar-refractivity contribution in [3.8, 4) is 0 Å². The van der Waals surface area contributed by atoms with Crippen LogP contribution in [0.5, 0.6) is 0 Å². The maximum Gasteiger partial charge on any atom is 0.325 e. The van der Waals surface area contributed by atoms with Gasteiger partial charge in [-0.3, -0.25) is 14.8 Å². The minimum absolute atomic E-state index is 0.315. The number of amides is 4. The standard InChI is InChI=1S/C16H21N3O4/c1-10(2)13(14(20)18-23)19-15(21)12(17-16(19)22)9-8-11-6-4-3-5-7-11/h3-7,10,12-13,23H,8-9H2,1-2H3,(H,17,22)(H,18,20). The molecule has 1 saturated heterocycles. The molecule has 0 spiro atoms. The van der Waals surface area contributed by atoms with Gasteiger partial charge >= 0.3 is 6.03 Å². The van der Waals surface area contributed by atoms with Crippen LogP contribution in [0.2, 0.25) is 0 Å². The van der Waals surface area contributed by atoms with Gasteiger partial charge in [0.25, 0.3) is 11.8 Å². The molecular formula is C16H21N3O4. The van der Waals surface area contributed by atoms with Gasteiger partial charge in [0.2, 0.25) is 0 Å². The van der Waals surface area contributed by atoms with E-state index in [1.54, 1.807) is 13.8 Å². The molecule has 4 amide bonds. The number of rotatable bonds is 6. The van der Waals surface area contributed by atoms with Crippen molar-refractivity contribution in [3.63, 3.8) is 0 Å². The molecule has 1 aromatic rings. The van der Waals surface area contributed by atoms with E-state index in [0.29, 0.717) is 12.8 Å². The van der Waals surface area contributed by atoms with Crippen LogP contribution in [0.25, 0.3) is 0 Å². The van der Waals surface area contributed by atoms with Gasteiger partial charge < -0.3 is 5.32 Å². The fourth-order valence-electron chi connectivity index (χ4n) is 2.75. The Hall–Kier alpha value is -2.41. The number of nitrogens with one attached hydrogen (secondary N) is 2. The largest absolute Gasteiger partial charge is 0.326 e. The summed E-state index contributed by atoms with van der Waals surface area (Å²) >= 11 is 0. The summed E-state index contributed by atoms with van der Waals surface area (Å²) in [4.78, 5) is 37.3. The van der Waals surface area contributed by atoms with Gasteiger partial charge in [0.15, 0.2) is 0 Å². The van der Waals surface area contributed by atoms with Crippen molar-refractivity contribution in [2.24, 2.45) is 5.92 Å². The first-order valence-corrected chi connectivity index (χ1v) is 7.57. The SMILES string of the molecule is CC(C)C(C(=O)NO)N1C(=O)NC(CCc2ccccc2)C1=O. The molecule has 2 rings (SSSR count). The van der Waals surface area contributed by atoms with E-state index < -0.39 is 29.9 Å². The first kappa shape index (κ1) is 17.0. The lowest BCUT2D eigenvalue weighted by Crippen LogP contribution is -2.52. The molecule has 2 unspecified atom stereocenters. The summed E-state index contributed by atoms with van der Waals surface area (Å²) < 4.78 is 0. The smallest absolute Gasteiger partial charge is 0.325 e. The fourth-order valence-corrected chi connectivity index (χ4v) is 2.75. The highest BCUT2D eigenvalue weighted by atomic mass is 16.5. The normalized spacial score (nSPS) is 19.0. The summed E-state index contributed by atoms with van der Waals surface area (Å²) in [5.74, 6) is -1.52. The molecule has 0 aromatic heterocycles. The van der Waals surface area contributed by atoms with E-state index in [4.69, 9.17) is 5.21 Å². The third kappa shape index (κ3) is 3.68. The molecule has 7 nitrogen and oxygen atoms in total. The second kappa shape index (κ2) is 7.23. The van der Waals surface area contributed by atoms with E-state index in [1.165, 1.54) is 5.48 Å². The Bertz CT molecular complexity index is 588. The Morgan fingerprint density at radius 2 is 1.96 bits per heavy atom. The van der Waals surface area contributed by atoms with Gasteiger partial charge in [-0.15, -0.1) is 0 Å². The number of urea groups is 1. The Morgan fingerprint density at radius 3 is 2.52 bits per heavy atom. The van der Waals surface area contributed by atoms with Gasteiger partial charge in [0.05, 0.1) is 0 Å². The Morgan fingerprint density at radius 1 is 1.30 bits per heavy atom. The van der Waals surface area contributed by atoms with Gasteiger partial charge in [-0.25, -0.2) is 15.2 Å². The van der Waals surface area contributed by atoms with Crippen molar-refractivity contribution < 1.29 is 19.6 Å². The average molecular weight is 319 g/mol. The summed E-state index contributed by atoms with van der Waals surface area (Å²) in [5, 5.41) is 11.4. The molecule has 0 saturated carbocycles. The Balaban J connectivity index is 2.08. The summed E-state index contributed by atoms with van der Waals surface area (Å²) in [7, 11) is 0. The molecular weight excluding hydrogens is 298 g/mol. The van der Waals surface area contributed by atoms with Crippen LogP contribution in [0.15, 0.2) is 30.3 Å². The van der Waals surface area contributed by atoms with Crippen LogP contribution in [0.3, 0.4) is 0 Å². The van der Waals surface area contributed by atoms with Gasteiger partial charge in [-0.05, 0) is 24.3 Å². The Labute approximate surface area is 134 Å². The maximum absolute atomic E-state index is 12.5. The van der Waals surface area contributed by atoms with Crippen LogP contribution in [0, 0.1) is 5.92 Å². The zero-order valence-electron chi connectivity index (χ0n) is 13.2. The molecule has 1 aliphatic heterocycles. The molecule has 7 heteroatoms. The van der Waals surface area contributed by atoms with Gasteiger partial charge in [-0.1, -0.05) is 44.2 Å². The number of carbonyl (C=O) groups is 3. The number of hydroxylamine groups is 1. The Kier molecular flexibility index (Phi) is 5.33. The molecule has 1 aliphatic rings. The predicted molar refractivity (Wildman–Crippen MR) is 82.5 cm³/mol. The van der Waals surface area contributed by atoms with Crippen molar-refractivity contribution in [1.29, 1.82) is 0 Å². The number of benzene rings is 1. The summed E-state index contributed by atoms with van der Waals surface area (Å²) in [5.41, 5.74) is 2.60. The van der Waals surface area contributed by atoms with Crippen molar-refractivity contribution in [2.75, 3.05) is 0 Å². The van der Waals surface area contributed by atoms with Crippen molar-refractivity contribution in [3.05, 3.63) is 35.9 Å². The number of imide groups is 1. The van der Waals surface area contributed by atoms with Crippen LogP contribution in [0.1, 0.15) is 25.8 Å². The first-order chi connectivity index (χ1) is 11.0. The van der Waals surface area contributed by atoms with Crippen LogP contribution >= 0.6 is 0 Å². The molecule has 124 valence electrons. The van der Waals surface area contributed by atoms with Crippen LogP contribution in [-0.2, 0) is 16.0 Å². The lowest BCUT2D eigenvalue weighted by atomic mass is 10.0. The third-order valence-corrected chi connectivity index (χ3v) is 3.91. The topological polar surface area (TPSA) is 98.7 Å². The lowest BCUT2D eigenvalue weighted by molar-refractivity contribution is -0.142. The van der Waals surface area contributed by atoms with Crippen molar-refractivity contribution in [2.45, 2.75) is 38.8 Å². The second-order valence-corrected chi connectivity index (χ2v) is 5.90. The van der Waals surface area contributed by atoms with Gasteiger partial charge in [-0.2, -0.15) is 0 Å². The fraction of sp³-hybridized carbons (Fsp3) is 0.438.